The molecule has 5 rings (SSSR count). The van der Waals surface area contributed by atoms with Crippen molar-refractivity contribution in [2.45, 2.75) is 18.6 Å². The molecule has 1 aliphatic heterocycles. The van der Waals surface area contributed by atoms with Crippen molar-refractivity contribution in [2.75, 3.05) is 32.6 Å². The van der Waals surface area contributed by atoms with Gasteiger partial charge in [0.15, 0.2) is 0 Å². The number of piperidine rings is 1. The SMILES string of the molecule is COc1nc(N[C@@H]2CCN(C)C[C@@H]2F)nn2ccc(-c3ccc4nccn4c3)c12. The first-order valence-corrected chi connectivity index (χ1v) is 9.58. The highest BCUT2D eigenvalue weighted by Gasteiger charge is 2.28. The van der Waals surface area contributed by atoms with Gasteiger partial charge in [0, 0.05) is 49.0 Å². The van der Waals surface area contributed by atoms with E-state index in [2.05, 4.69) is 20.4 Å². The number of likely N-dealkylation sites (tertiary alicyclic amines) is 1. The molecule has 29 heavy (non-hydrogen) atoms. The molecule has 0 radical (unpaired) electrons. The quantitative estimate of drug-likeness (QED) is 0.573. The van der Waals surface area contributed by atoms with Crippen LogP contribution in [0, 0.1) is 0 Å². The van der Waals surface area contributed by atoms with Gasteiger partial charge < -0.3 is 19.4 Å². The van der Waals surface area contributed by atoms with E-state index in [9.17, 15) is 4.39 Å². The number of pyridine rings is 1. The maximum absolute atomic E-state index is 14.4. The summed E-state index contributed by atoms with van der Waals surface area (Å²) >= 11 is 0. The summed E-state index contributed by atoms with van der Waals surface area (Å²) in [5.41, 5.74) is 3.59. The molecule has 4 aromatic heterocycles. The Bertz CT molecular complexity index is 1170. The van der Waals surface area contributed by atoms with Gasteiger partial charge in [0.1, 0.15) is 17.3 Å². The molecule has 0 saturated carbocycles. The Morgan fingerprint density at radius 2 is 2.14 bits per heavy atom. The molecular formula is C20H22FN7O. The average molecular weight is 395 g/mol. The largest absolute Gasteiger partial charge is 0.479 e. The first kappa shape index (κ1) is 17.9. The van der Waals surface area contributed by atoms with Crippen LogP contribution in [0.2, 0.25) is 0 Å². The summed E-state index contributed by atoms with van der Waals surface area (Å²) in [4.78, 5) is 10.8. The fourth-order valence-corrected chi connectivity index (χ4v) is 3.89. The molecule has 0 aromatic carbocycles. The zero-order valence-electron chi connectivity index (χ0n) is 16.3. The third-order valence-corrected chi connectivity index (χ3v) is 5.43. The van der Waals surface area contributed by atoms with Crippen molar-refractivity contribution in [1.82, 2.24) is 28.9 Å². The standard InChI is InChI=1S/C20H22FN7O/c1-26-8-6-16(15(21)12-26)23-20-24-19(29-2)18-14(5-9-28(18)25-20)13-3-4-17-22-7-10-27(17)11-13/h3-5,7,9-11,15-16H,6,8,12H2,1-2H3,(H,23,25)/t15-,16+/m0/s1. The predicted molar refractivity (Wildman–Crippen MR) is 108 cm³/mol. The maximum Gasteiger partial charge on any atom is 0.244 e. The summed E-state index contributed by atoms with van der Waals surface area (Å²) in [5, 5.41) is 7.70. The van der Waals surface area contributed by atoms with Gasteiger partial charge in [0.2, 0.25) is 11.8 Å². The van der Waals surface area contributed by atoms with E-state index in [-0.39, 0.29) is 6.04 Å². The number of methoxy groups -OCH3 is 1. The number of hydrogen-bond donors (Lipinski definition) is 1. The van der Waals surface area contributed by atoms with E-state index in [1.807, 2.05) is 53.1 Å². The van der Waals surface area contributed by atoms with Crippen LogP contribution in [0.5, 0.6) is 5.88 Å². The van der Waals surface area contributed by atoms with Crippen molar-refractivity contribution in [2.24, 2.45) is 0 Å². The molecule has 2 atom stereocenters. The molecule has 0 amide bonds. The van der Waals surface area contributed by atoms with E-state index < -0.39 is 6.17 Å². The Hall–Kier alpha value is -3.20. The number of anilines is 1. The van der Waals surface area contributed by atoms with E-state index in [1.54, 1.807) is 17.8 Å². The van der Waals surface area contributed by atoms with Crippen molar-refractivity contribution in [1.29, 1.82) is 0 Å². The molecule has 5 heterocycles. The lowest BCUT2D eigenvalue weighted by Crippen LogP contribution is -2.46. The van der Waals surface area contributed by atoms with Crippen LogP contribution in [-0.2, 0) is 0 Å². The number of nitrogens with one attached hydrogen (secondary N) is 1. The maximum atomic E-state index is 14.4. The molecule has 0 aliphatic carbocycles. The molecule has 1 N–H and O–H groups in total. The first-order chi connectivity index (χ1) is 14.1. The first-order valence-electron chi connectivity index (χ1n) is 9.58. The number of hydrogen-bond acceptors (Lipinski definition) is 6. The second kappa shape index (κ2) is 7.00. The summed E-state index contributed by atoms with van der Waals surface area (Å²) in [5.74, 6) is 0.801. The lowest BCUT2D eigenvalue weighted by Gasteiger charge is -2.32. The van der Waals surface area contributed by atoms with Crippen LogP contribution in [0.3, 0.4) is 0 Å². The number of fused-ring (bicyclic) bond motifs is 2. The molecule has 150 valence electrons. The lowest BCUT2D eigenvalue weighted by molar-refractivity contribution is 0.149. The molecule has 1 aliphatic rings. The van der Waals surface area contributed by atoms with Gasteiger partial charge in [-0.3, -0.25) is 0 Å². The highest BCUT2D eigenvalue weighted by atomic mass is 19.1. The fraction of sp³-hybridized carbons (Fsp3) is 0.350. The Balaban J connectivity index is 1.52. The minimum absolute atomic E-state index is 0.313. The number of alkyl halides is 1. The van der Waals surface area contributed by atoms with E-state index in [0.717, 1.165) is 28.8 Å². The Morgan fingerprint density at radius 3 is 2.97 bits per heavy atom. The lowest BCUT2D eigenvalue weighted by atomic mass is 10.0. The molecular weight excluding hydrogens is 373 g/mol. The molecule has 0 unspecified atom stereocenters. The zero-order chi connectivity index (χ0) is 20.0. The molecule has 0 spiro atoms. The molecule has 4 aromatic rings. The van der Waals surface area contributed by atoms with Crippen LogP contribution in [0.15, 0.2) is 43.0 Å². The highest BCUT2D eigenvalue weighted by Crippen LogP contribution is 2.31. The molecule has 1 saturated heterocycles. The second-order valence-corrected chi connectivity index (χ2v) is 7.40. The van der Waals surface area contributed by atoms with Gasteiger partial charge >= 0.3 is 0 Å². The Labute approximate surface area is 166 Å². The van der Waals surface area contributed by atoms with Crippen molar-refractivity contribution in [3.8, 4) is 17.0 Å². The van der Waals surface area contributed by atoms with Crippen LogP contribution in [0.25, 0.3) is 22.3 Å². The smallest absolute Gasteiger partial charge is 0.244 e. The average Bonchev–Trinajstić information content (AvgIpc) is 3.35. The molecule has 0 bridgehead atoms. The van der Waals surface area contributed by atoms with Crippen molar-refractivity contribution >= 4 is 17.1 Å². The number of nitrogens with zero attached hydrogens (tertiary/aromatic N) is 6. The number of rotatable bonds is 4. The Kier molecular flexibility index (Phi) is 4.31. The van der Waals surface area contributed by atoms with Crippen molar-refractivity contribution in [3.05, 3.63) is 43.0 Å². The minimum Gasteiger partial charge on any atom is -0.479 e. The highest BCUT2D eigenvalue weighted by molar-refractivity contribution is 5.84. The summed E-state index contributed by atoms with van der Waals surface area (Å²) in [6.45, 7) is 1.24. The number of ether oxygens (including phenoxy) is 1. The van der Waals surface area contributed by atoms with Crippen molar-refractivity contribution < 1.29 is 9.13 Å². The number of imidazole rings is 1. The molecule has 9 heteroatoms. The van der Waals surface area contributed by atoms with Crippen LogP contribution in [0.4, 0.5) is 10.3 Å². The van der Waals surface area contributed by atoms with Gasteiger partial charge in [-0.1, -0.05) is 0 Å². The van der Waals surface area contributed by atoms with Crippen LogP contribution in [0.1, 0.15) is 6.42 Å². The third kappa shape index (κ3) is 3.17. The molecule has 1 fully saturated rings. The predicted octanol–water partition coefficient (Wildman–Crippen LogP) is 2.51. The minimum atomic E-state index is -0.971. The third-order valence-electron chi connectivity index (χ3n) is 5.43. The zero-order valence-corrected chi connectivity index (χ0v) is 16.3. The number of halogens is 1. The van der Waals surface area contributed by atoms with Crippen LogP contribution < -0.4 is 10.1 Å². The summed E-state index contributed by atoms with van der Waals surface area (Å²) in [6.07, 6.45) is 7.27. The van der Waals surface area contributed by atoms with Crippen molar-refractivity contribution in [3.63, 3.8) is 0 Å². The monoisotopic (exact) mass is 395 g/mol. The van der Waals surface area contributed by atoms with Gasteiger partial charge in [-0.15, -0.1) is 5.10 Å². The Morgan fingerprint density at radius 1 is 1.24 bits per heavy atom. The number of aromatic nitrogens is 5. The fourth-order valence-electron chi connectivity index (χ4n) is 3.89. The summed E-state index contributed by atoms with van der Waals surface area (Å²) in [7, 11) is 3.51. The normalized spacial score (nSPS) is 20.4. The van der Waals surface area contributed by atoms with Gasteiger partial charge in [0.05, 0.1) is 13.2 Å². The van der Waals surface area contributed by atoms with Gasteiger partial charge in [-0.2, -0.15) is 4.98 Å². The van der Waals surface area contributed by atoms with E-state index in [1.165, 1.54) is 0 Å². The van der Waals surface area contributed by atoms with Gasteiger partial charge in [-0.25, -0.2) is 13.9 Å². The van der Waals surface area contributed by atoms with Gasteiger partial charge in [0.25, 0.3) is 0 Å². The second-order valence-electron chi connectivity index (χ2n) is 7.40. The summed E-state index contributed by atoms with van der Waals surface area (Å²) in [6, 6.07) is 5.63. The van der Waals surface area contributed by atoms with Crippen LogP contribution >= 0.6 is 0 Å². The molecule has 8 nitrogen and oxygen atoms in total. The topological polar surface area (TPSA) is 72.0 Å². The van der Waals surface area contributed by atoms with E-state index in [4.69, 9.17) is 4.74 Å². The van der Waals surface area contributed by atoms with E-state index in [0.29, 0.717) is 24.8 Å². The van der Waals surface area contributed by atoms with Crippen LogP contribution in [-0.4, -0.2) is 68.3 Å². The summed E-state index contributed by atoms with van der Waals surface area (Å²) < 4.78 is 23.7. The van der Waals surface area contributed by atoms with E-state index >= 15 is 0 Å². The van der Waals surface area contributed by atoms with Gasteiger partial charge in [-0.05, 0) is 31.7 Å².